The van der Waals surface area contributed by atoms with Crippen LogP contribution in [-0.2, 0) is 0 Å². The Labute approximate surface area is 210 Å². The van der Waals surface area contributed by atoms with Gasteiger partial charge in [-0.15, -0.1) is 0 Å². The molecule has 5 aromatic rings. The summed E-state index contributed by atoms with van der Waals surface area (Å²) in [6.07, 6.45) is 8.50. The molecule has 0 fully saturated rings. The average molecular weight is 471 g/mol. The van der Waals surface area contributed by atoms with Gasteiger partial charge in [0.2, 0.25) is 0 Å². The number of nitro benzene ring substituents is 1. The van der Waals surface area contributed by atoms with E-state index >= 15 is 0 Å². The summed E-state index contributed by atoms with van der Waals surface area (Å²) in [5.41, 5.74) is 5.65. The van der Waals surface area contributed by atoms with Crippen molar-refractivity contribution in [2.45, 2.75) is 0 Å². The third kappa shape index (κ3) is 4.62. The van der Waals surface area contributed by atoms with Crippen LogP contribution >= 0.6 is 0 Å². The third-order valence-corrected chi connectivity index (χ3v) is 6.41. The molecule has 0 aliphatic rings. The molecule has 0 atom stereocenters. The van der Waals surface area contributed by atoms with E-state index in [1.165, 1.54) is 34.2 Å². The van der Waals surface area contributed by atoms with Crippen molar-refractivity contribution >= 4 is 57.2 Å². The standard InChI is InChI=1S/C32H26N2O2/c1-33(2)25-17-11-23(12-18-25)15-21-31-27-7-3-5-9-29(27)32(30-10-6-4-8-28(30)31)22-16-24-13-19-26(20-14-24)34(35)36/h3-22H,1-2H3. The van der Waals surface area contributed by atoms with Crippen molar-refractivity contribution in [2.75, 3.05) is 19.0 Å². The van der Waals surface area contributed by atoms with Gasteiger partial charge in [0, 0.05) is 31.9 Å². The van der Waals surface area contributed by atoms with Crippen molar-refractivity contribution in [3.63, 3.8) is 0 Å². The van der Waals surface area contributed by atoms with Crippen LogP contribution in [0.5, 0.6) is 0 Å². The predicted molar refractivity (Wildman–Crippen MR) is 153 cm³/mol. The minimum Gasteiger partial charge on any atom is -0.378 e. The fourth-order valence-corrected chi connectivity index (χ4v) is 4.50. The first-order chi connectivity index (χ1) is 17.5. The lowest BCUT2D eigenvalue weighted by Crippen LogP contribution is -2.07. The summed E-state index contributed by atoms with van der Waals surface area (Å²) >= 11 is 0. The number of hydrogen-bond donors (Lipinski definition) is 0. The number of rotatable bonds is 6. The molecule has 0 N–H and O–H groups in total. The van der Waals surface area contributed by atoms with Crippen molar-refractivity contribution in [3.05, 3.63) is 129 Å². The van der Waals surface area contributed by atoms with E-state index in [1.807, 2.05) is 20.2 Å². The molecule has 0 aliphatic heterocycles. The molecule has 5 aromatic carbocycles. The van der Waals surface area contributed by atoms with Crippen molar-refractivity contribution in [1.29, 1.82) is 0 Å². The van der Waals surface area contributed by atoms with Crippen LogP contribution in [0.25, 0.3) is 45.8 Å². The van der Waals surface area contributed by atoms with Crippen LogP contribution < -0.4 is 4.90 Å². The highest BCUT2D eigenvalue weighted by molar-refractivity contribution is 6.14. The van der Waals surface area contributed by atoms with Gasteiger partial charge < -0.3 is 4.90 Å². The van der Waals surface area contributed by atoms with Crippen LogP contribution in [0.1, 0.15) is 22.3 Å². The molecular formula is C32H26N2O2. The first-order valence-corrected chi connectivity index (χ1v) is 11.8. The van der Waals surface area contributed by atoms with Crippen LogP contribution in [0, 0.1) is 10.1 Å². The van der Waals surface area contributed by atoms with Gasteiger partial charge in [0.25, 0.3) is 5.69 Å². The van der Waals surface area contributed by atoms with E-state index in [0.29, 0.717) is 0 Å². The monoisotopic (exact) mass is 470 g/mol. The molecule has 4 nitrogen and oxygen atoms in total. The zero-order chi connectivity index (χ0) is 25.1. The van der Waals surface area contributed by atoms with Gasteiger partial charge in [0.1, 0.15) is 0 Å². The molecule has 0 aromatic heterocycles. The average Bonchev–Trinajstić information content (AvgIpc) is 2.91. The van der Waals surface area contributed by atoms with Gasteiger partial charge in [-0.3, -0.25) is 10.1 Å². The molecular weight excluding hydrogens is 444 g/mol. The summed E-state index contributed by atoms with van der Waals surface area (Å²) in [5, 5.41) is 15.7. The Hall–Kier alpha value is -4.70. The molecule has 0 aliphatic carbocycles. The molecule has 0 spiro atoms. The van der Waals surface area contributed by atoms with Gasteiger partial charge in [-0.1, -0.05) is 85.0 Å². The number of anilines is 1. The van der Waals surface area contributed by atoms with Crippen molar-refractivity contribution < 1.29 is 4.92 Å². The SMILES string of the molecule is CN(C)c1ccc(C=Cc2c3ccccc3c(C=Cc3ccc([N+](=O)[O-])cc3)c3ccccc23)cc1. The molecule has 0 saturated carbocycles. The van der Waals surface area contributed by atoms with Gasteiger partial charge >= 0.3 is 0 Å². The molecule has 0 unspecified atom stereocenters. The topological polar surface area (TPSA) is 46.4 Å². The molecule has 36 heavy (non-hydrogen) atoms. The highest BCUT2D eigenvalue weighted by atomic mass is 16.6. The van der Waals surface area contributed by atoms with Crippen LogP contribution in [0.4, 0.5) is 11.4 Å². The molecule has 176 valence electrons. The van der Waals surface area contributed by atoms with Gasteiger partial charge in [0.15, 0.2) is 0 Å². The Morgan fingerprint density at radius 1 is 0.583 bits per heavy atom. The van der Waals surface area contributed by atoms with E-state index in [4.69, 9.17) is 0 Å². The van der Waals surface area contributed by atoms with Crippen LogP contribution in [0.2, 0.25) is 0 Å². The maximum Gasteiger partial charge on any atom is 0.269 e. The lowest BCUT2D eigenvalue weighted by molar-refractivity contribution is -0.384. The summed E-state index contributed by atoms with van der Waals surface area (Å²) in [6, 6.07) is 32.1. The Balaban J connectivity index is 1.61. The Morgan fingerprint density at radius 3 is 1.33 bits per heavy atom. The number of nitrogens with zero attached hydrogens (tertiary/aromatic N) is 2. The summed E-state index contributed by atoms with van der Waals surface area (Å²) < 4.78 is 0. The molecule has 0 saturated heterocycles. The number of nitro groups is 1. The van der Waals surface area contributed by atoms with E-state index in [0.717, 1.165) is 27.5 Å². The molecule has 0 radical (unpaired) electrons. The highest BCUT2D eigenvalue weighted by Crippen LogP contribution is 2.35. The minimum absolute atomic E-state index is 0.0931. The fraction of sp³-hybridized carbons (Fsp3) is 0.0625. The molecule has 0 amide bonds. The molecule has 0 heterocycles. The van der Waals surface area contributed by atoms with E-state index in [2.05, 4.69) is 95.9 Å². The van der Waals surface area contributed by atoms with Crippen LogP contribution in [0.15, 0.2) is 97.1 Å². The molecule has 5 rings (SSSR count). The van der Waals surface area contributed by atoms with Gasteiger partial charge in [-0.2, -0.15) is 0 Å². The number of hydrogen-bond acceptors (Lipinski definition) is 3. The third-order valence-electron chi connectivity index (χ3n) is 6.41. The van der Waals surface area contributed by atoms with Crippen molar-refractivity contribution in [3.8, 4) is 0 Å². The van der Waals surface area contributed by atoms with Gasteiger partial charge in [-0.05, 0) is 68.1 Å². The number of benzene rings is 5. The number of non-ortho nitro benzene ring substituents is 1. The maximum atomic E-state index is 11.0. The van der Waals surface area contributed by atoms with Gasteiger partial charge in [-0.25, -0.2) is 0 Å². The smallest absolute Gasteiger partial charge is 0.269 e. The summed E-state index contributed by atoms with van der Waals surface area (Å²) in [5.74, 6) is 0. The normalized spacial score (nSPS) is 11.6. The summed E-state index contributed by atoms with van der Waals surface area (Å²) in [7, 11) is 4.08. The summed E-state index contributed by atoms with van der Waals surface area (Å²) in [6.45, 7) is 0. The lowest BCUT2D eigenvalue weighted by atomic mass is 9.91. The molecule has 0 bridgehead atoms. The van der Waals surface area contributed by atoms with Crippen molar-refractivity contribution in [2.24, 2.45) is 0 Å². The van der Waals surface area contributed by atoms with Crippen LogP contribution in [0.3, 0.4) is 0 Å². The second-order valence-electron chi connectivity index (χ2n) is 8.92. The van der Waals surface area contributed by atoms with E-state index in [-0.39, 0.29) is 10.6 Å². The zero-order valence-corrected chi connectivity index (χ0v) is 20.3. The highest BCUT2D eigenvalue weighted by Gasteiger charge is 2.11. The second-order valence-corrected chi connectivity index (χ2v) is 8.92. The molecule has 4 heteroatoms. The maximum absolute atomic E-state index is 11.0. The summed E-state index contributed by atoms with van der Waals surface area (Å²) in [4.78, 5) is 12.7. The quantitative estimate of drug-likeness (QED) is 0.108. The van der Waals surface area contributed by atoms with Gasteiger partial charge in [0.05, 0.1) is 4.92 Å². The first-order valence-electron chi connectivity index (χ1n) is 11.8. The largest absolute Gasteiger partial charge is 0.378 e. The Kier molecular flexibility index (Phi) is 6.33. The van der Waals surface area contributed by atoms with E-state index in [9.17, 15) is 10.1 Å². The minimum atomic E-state index is -0.378. The van der Waals surface area contributed by atoms with Crippen LogP contribution in [-0.4, -0.2) is 19.0 Å². The Morgan fingerprint density at radius 2 is 0.972 bits per heavy atom. The second kappa shape index (κ2) is 9.88. The van der Waals surface area contributed by atoms with Crippen molar-refractivity contribution in [1.82, 2.24) is 0 Å². The zero-order valence-electron chi connectivity index (χ0n) is 20.3. The van der Waals surface area contributed by atoms with E-state index in [1.54, 1.807) is 12.1 Å². The first kappa shape index (κ1) is 23.1. The fourth-order valence-electron chi connectivity index (χ4n) is 4.50. The van der Waals surface area contributed by atoms with E-state index < -0.39 is 0 Å². The predicted octanol–water partition coefficient (Wildman–Crippen LogP) is 8.31. The number of fused-ring (bicyclic) bond motifs is 2. The Bertz CT molecular complexity index is 1560. The lowest BCUT2D eigenvalue weighted by Gasteiger charge is -2.13.